The number of carbonyl (C=O) groups excluding carboxylic acids is 2. The van der Waals surface area contributed by atoms with Gasteiger partial charge < -0.3 is 15.2 Å². The Balaban J connectivity index is 3.01. The molecular weight excluding hydrogens is 262 g/mol. The van der Waals surface area contributed by atoms with Crippen LogP contribution in [0.15, 0.2) is 24.3 Å². The lowest BCUT2D eigenvalue weighted by Crippen LogP contribution is -2.45. The number of hydrogen-bond acceptors (Lipinski definition) is 4. The first kappa shape index (κ1) is 15.7. The van der Waals surface area contributed by atoms with Crippen LogP contribution < -0.4 is 5.32 Å². The second kappa shape index (κ2) is 6.70. The van der Waals surface area contributed by atoms with Crippen LogP contribution in [0.5, 0.6) is 0 Å². The van der Waals surface area contributed by atoms with Crippen molar-refractivity contribution >= 4 is 17.8 Å². The molecule has 2 N–H and O–H groups in total. The number of carboxylic acid groups (broad SMARTS) is 1. The van der Waals surface area contributed by atoms with E-state index in [0.717, 1.165) is 0 Å². The Hall–Kier alpha value is -2.37. The molecule has 20 heavy (non-hydrogen) atoms. The van der Waals surface area contributed by atoms with Gasteiger partial charge in [0.25, 0.3) is 5.91 Å². The van der Waals surface area contributed by atoms with Crippen molar-refractivity contribution in [2.75, 3.05) is 7.11 Å². The lowest BCUT2D eigenvalue weighted by atomic mass is 10.0. The molecule has 1 aromatic carbocycles. The van der Waals surface area contributed by atoms with E-state index in [2.05, 4.69) is 10.1 Å². The summed E-state index contributed by atoms with van der Waals surface area (Å²) >= 11 is 0. The first-order valence-electron chi connectivity index (χ1n) is 6.09. The molecule has 6 heteroatoms. The normalized spacial score (nSPS) is 11.8. The molecule has 1 rings (SSSR count). The average molecular weight is 279 g/mol. The lowest BCUT2D eigenvalue weighted by molar-refractivity contribution is -0.144. The zero-order chi connectivity index (χ0) is 15.3. The number of esters is 1. The van der Waals surface area contributed by atoms with E-state index in [1.807, 2.05) is 0 Å². The summed E-state index contributed by atoms with van der Waals surface area (Å²) in [5.41, 5.74) is -0.105. The second-order valence-electron chi connectivity index (χ2n) is 4.57. The fraction of sp³-hybridized carbons (Fsp3) is 0.357. The Morgan fingerprint density at radius 1 is 1.15 bits per heavy atom. The zero-order valence-electron chi connectivity index (χ0n) is 11.5. The molecule has 1 unspecified atom stereocenters. The maximum Gasteiger partial charge on any atom is 0.336 e. The number of carbonyl (C=O) groups is 3. The highest BCUT2D eigenvalue weighted by atomic mass is 16.5. The van der Waals surface area contributed by atoms with Crippen molar-refractivity contribution in [1.82, 2.24) is 5.32 Å². The Bertz CT molecular complexity index is 524. The Labute approximate surface area is 116 Å². The van der Waals surface area contributed by atoms with Crippen LogP contribution in [0.25, 0.3) is 0 Å². The minimum atomic E-state index is -1.20. The maximum atomic E-state index is 12.1. The third kappa shape index (κ3) is 3.57. The summed E-state index contributed by atoms with van der Waals surface area (Å²) in [5, 5.41) is 11.5. The summed E-state index contributed by atoms with van der Waals surface area (Å²) in [6.07, 6.45) is 0. The Morgan fingerprint density at radius 3 is 2.15 bits per heavy atom. The molecule has 0 spiro atoms. The van der Waals surface area contributed by atoms with Crippen molar-refractivity contribution in [3.05, 3.63) is 35.4 Å². The fourth-order valence-electron chi connectivity index (χ4n) is 1.71. The summed E-state index contributed by atoms with van der Waals surface area (Å²) in [5.74, 6) is -2.56. The first-order valence-corrected chi connectivity index (χ1v) is 6.09. The van der Waals surface area contributed by atoms with Crippen LogP contribution >= 0.6 is 0 Å². The van der Waals surface area contributed by atoms with E-state index in [0.29, 0.717) is 0 Å². The Morgan fingerprint density at radius 2 is 1.70 bits per heavy atom. The van der Waals surface area contributed by atoms with Crippen LogP contribution in [-0.2, 0) is 9.53 Å². The number of carboxylic acids is 1. The van der Waals surface area contributed by atoms with Crippen molar-refractivity contribution in [2.45, 2.75) is 19.9 Å². The first-order chi connectivity index (χ1) is 9.38. The van der Waals surface area contributed by atoms with Crippen LogP contribution in [-0.4, -0.2) is 36.1 Å². The van der Waals surface area contributed by atoms with E-state index in [-0.39, 0.29) is 17.0 Å². The molecule has 0 aliphatic carbocycles. The average Bonchev–Trinajstić information content (AvgIpc) is 2.43. The van der Waals surface area contributed by atoms with E-state index in [1.54, 1.807) is 19.9 Å². The van der Waals surface area contributed by atoms with E-state index in [4.69, 9.17) is 5.11 Å². The van der Waals surface area contributed by atoms with Crippen molar-refractivity contribution in [3.63, 3.8) is 0 Å². The van der Waals surface area contributed by atoms with Gasteiger partial charge in [-0.2, -0.15) is 0 Å². The van der Waals surface area contributed by atoms with Crippen LogP contribution in [0.3, 0.4) is 0 Å². The van der Waals surface area contributed by atoms with Crippen molar-refractivity contribution in [2.24, 2.45) is 5.92 Å². The molecule has 1 amide bonds. The molecule has 0 fully saturated rings. The molecule has 1 aromatic rings. The second-order valence-corrected chi connectivity index (χ2v) is 4.57. The SMILES string of the molecule is COC(=O)C(NC(=O)c1ccccc1C(=O)O)C(C)C. The maximum absolute atomic E-state index is 12.1. The number of aromatic carboxylic acids is 1. The van der Waals surface area contributed by atoms with Gasteiger partial charge in [0.05, 0.1) is 18.2 Å². The van der Waals surface area contributed by atoms with Gasteiger partial charge in [-0.1, -0.05) is 26.0 Å². The molecule has 6 nitrogen and oxygen atoms in total. The minimum Gasteiger partial charge on any atom is -0.478 e. The smallest absolute Gasteiger partial charge is 0.336 e. The summed E-state index contributed by atoms with van der Waals surface area (Å²) in [6.45, 7) is 3.51. The van der Waals surface area contributed by atoms with Gasteiger partial charge in [0.1, 0.15) is 6.04 Å². The number of rotatable bonds is 5. The number of ether oxygens (including phenoxy) is 1. The zero-order valence-corrected chi connectivity index (χ0v) is 11.5. The molecule has 0 saturated heterocycles. The molecule has 0 aliphatic heterocycles. The van der Waals surface area contributed by atoms with E-state index < -0.39 is 23.9 Å². The van der Waals surface area contributed by atoms with Crippen LogP contribution in [0.1, 0.15) is 34.6 Å². The van der Waals surface area contributed by atoms with Gasteiger partial charge >= 0.3 is 11.9 Å². The molecule has 0 aliphatic rings. The van der Waals surface area contributed by atoms with Crippen molar-refractivity contribution in [3.8, 4) is 0 Å². The molecule has 0 heterocycles. The molecule has 0 saturated carbocycles. The van der Waals surface area contributed by atoms with E-state index in [1.165, 1.54) is 25.3 Å². The summed E-state index contributed by atoms with van der Waals surface area (Å²) in [4.78, 5) is 34.8. The van der Waals surface area contributed by atoms with E-state index in [9.17, 15) is 14.4 Å². The largest absolute Gasteiger partial charge is 0.478 e. The van der Waals surface area contributed by atoms with Crippen LogP contribution in [0, 0.1) is 5.92 Å². The van der Waals surface area contributed by atoms with Gasteiger partial charge in [0.15, 0.2) is 0 Å². The summed E-state index contributed by atoms with van der Waals surface area (Å²) < 4.78 is 4.62. The number of hydrogen-bond donors (Lipinski definition) is 2. The monoisotopic (exact) mass is 279 g/mol. The van der Waals surface area contributed by atoms with Gasteiger partial charge in [0.2, 0.25) is 0 Å². The third-order valence-corrected chi connectivity index (χ3v) is 2.81. The standard InChI is InChI=1S/C14H17NO5/c1-8(2)11(14(19)20-3)15-12(16)9-6-4-5-7-10(9)13(17)18/h4-8,11H,1-3H3,(H,15,16)(H,17,18). The highest BCUT2D eigenvalue weighted by Gasteiger charge is 2.26. The topological polar surface area (TPSA) is 92.7 Å². The van der Waals surface area contributed by atoms with Crippen LogP contribution in [0.2, 0.25) is 0 Å². The van der Waals surface area contributed by atoms with Gasteiger partial charge in [-0.3, -0.25) is 4.79 Å². The lowest BCUT2D eigenvalue weighted by Gasteiger charge is -2.20. The summed E-state index contributed by atoms with van der Waals surface area (Å²) in [6, 6.07) is 4.99. The molecule has 0 aromatic heterocycles. The van der Waals surface area contributed by atoms with Gasteiger partial charge in [-0.25, -0.2) is 9.59 Å². The highest BCUT2D eigenvalue weighted by Crippen LogP contribution is 2.11. The fourth-order valence-corrected chi connectivity index (χ4v) is 1.71. The van der Waals surface area contributed by atoms with Gasteiger partial charge in [-0.05, 0) is 18.1 Å². The molecule has 1 atom stereocenters. The molecule has 0 radical (unpaired) electrons. The number of benzene rings is 1. The minimum absolute atomic E-state index is 0.00885. The van der Waals surface area contributed by atoms with Crippen LogP contribution in [0.4, 0.5) is 0 Å². The highest BCUT2D eigenvalue weighted by molar-refractivity contribution is 6.05. The van der Waals surface area contributed by atoms with E-state index >= 15 is 0 Å². The number of amides is 1. The number of nitrogens with one attached hydrogen (secondary N) is 1. The Kier molecular flexibility index (Phi) is 5.25. The van der Waals surface area contributed by atoms with Gasteiger partial charge in [-0.15, -0.1) is 0 Å². The molecular formula is C14H17NO5. The molecule has 0 bridgehead atoms. The summed E-state index contributed by atoms with van der Waals surface area (Å²) in [7, 11) is 1.23. The predicted octanol–water partition coefficient (Wildman–Crippen LogP) is 1.31. The predicted molar refractivity (Wildman–Crippen MR) is 71.5 cm³/mol. The quantitative estimate of drug-likeness (QED) is 0.793. The van der Waals surface area contributed by atoms with Gasteiger partial charge in [0, 0.05) is 0 Å². The van der Waals surface area contributed by atoms with Crippen molar-refractivity contribution in [1.29, 1.82) is 0 Å². The number of methoxy groups -OCH3 is 1. The third-order valence-electron chi connectivity index (χ3n) is 2.81. The molecule has 108 valence electrons. The van der Waals surface area contributed by atoms with Crippen molar-refractivity contribution < 1.29 is 24.2 Å².